The predicted molar refractivity (Wildman–Crippen MR) is 130 cm³/mol. The van der Waals surface area contributed by atoms with Gasteiger partial charge in [0, 0.05) is 18.0 Å². The quantitative estimate of drug-likeness (QED) is 0.359. The third-order valence-corrected chi connectivity index (χ3v) is 6.46. The molecule has 0 saturated heterocycles. The minimum atomic E-state index is -3.63. The predicted octanol–water partition coefficient (Wildman–Crippen LogP) is 3.73. The Hall–Kier alpha value is -3.80. The van der Waals surface area contributed by atoms with Gasteiger partial charge >= 0.3 is 12.3 Å². The van der Waals surface area contributed by atoms with Gasteiger partial charge < -0.3 is 14.5 Å². The van der Waals surface area contributed by atoms with Gasteiger partial charge in [0.1, 0.15) is 9.84 Å². The summed E-state index contributed by atoms with van der Waals surface area (Å²) >= 11 is 0. The SMILES string of the molecule is CCOc1nc([C@@H](CS(C)(=O)=O)n2c(=O)[nH]c3c(C)c(-c4ccccc4)cnc32)ccc1OC(F)F. The summed E-state index contributed by atoms with van der Waals surface area (Å²) in [5, 5.41) is 0. The highest BCUT2D eigenvalue weighted by Gasteiger charge is 2.28. The van der Waals surface area contributed by atoms with Crippen molar-refractivity contribution in [2.75, 3.05) is 18.6 Å². The van der Waals surface area contributed by atoms with Crippen LogP contribution in [0, 0.1) is 6.92 Å². The van der Waals surface area contributed by atoms with Crippen molar-refractivity contribution in [2.24, 2.45) is 0 Å². The number of aromatic nitrogens is 4. The number of alkyl halides is 2. The Morgan fingerprint density at radius 3 is 2.50 bits per heavy atom. The van der Waals surface area contributed by atoms with Crippen LogP contribution < -0.4 is 15.2 Å². The lowest BCUT2D eigenvalue weighted by atomic mass is 10.0. The van der Waals surface area contributed by atoms with Gasteiger partial charge in [-0.15, -0.1) is 0 Å². The molecule has 1 atom stereocenters. The summed E-state index contributed by atoms with van der Waals surface area (Å²) in [4.78, 5) is 24.7. The molecule has 0 radical (unpaired) electrons. The molecule has 0 aliphatic carbocycles. The molecule has 0 fully saturated rings. The van der Waals surface area contributed by atoms with Crippen LogP contribution >= 0.6 is 0 Å². The maximum Gasteiger partial charge on any atom is 0.387 e. The average Bonchev–Trinajstić information content (AvgIpc) is 3.15. The Morgan fingerprint density at radius 2 is 1.86 bits per heavy atom. The molecule has 12 heteroatoms. The summed E-state index contributed by atoms with van der Waals surface area (Å²) in [6.07, 6.45) is 2.65. The van der Waals surface area contributed by atoms with E-state index in [4.69, 9.17) is 4.74 Å². The molecular weight excluding hydrogens is 494 g/mol. The van der Waals surface area contributed by atoms with Crippen molar-refractivity contribution in [3.05, 3.63) is 70.4 Å². The van der Waals surface area contributed by atoms with E-state index >= 15 is 0 Å². The van der Waals surface area contributed by atoms with Crippen LogP contribution in [-0.2, 0) is 9.84 Å². The first-order valence-electron chi connectivity index (χ1n) is 11.0. The van der Waals surface area contributed by atoms with Crippen molar-refractivity contribution in [3.8, 4) is 22.8 Å². The molecule has 190 valence electrons. The number of imidazole rings is 1. The van der Waals surface area contributed by atoms with Crippen molar-refractivity contribution < 1.29 is 26.7 Å². The molecule has 9 nitrogen and oxygen atoms in total. The Labute approximate surface area is 205 Å². The van der Waals surface area contributed by atoms with E-state index in [0.717, 1.165) is 22.9 Å². The summed E-state index contributed by atoms with van der Waals surface area (Å²) in [7, 11) is -3.63. The van der Waals surface area contributed by atoms with Crippen molar-refractivity contribution >= 4 is 21.0 Å². The number of hydrogen-bond donors (Lipinski definition) is 1. The first-order chi connectivity index (χ1) is 17.1. The van der Waals surface area contributed by atoms with Crippen LogP contribution in [0.5, 0.6) is 11.6 Å². The van der Waals surface area contributed by atoms with Crippen LogP contribution in [0.4, 0.5) is 8.78 Å². The summed E-state index contributed by atoms with van der Waals surface area (Å²) in [6, 6.07) is 10.9. The minimum absolute atomic E-state index is 0.100. The van der Waals surface area contributed by atoms with Crippen molar-refractivity contribution in [1.29, 1.82) is 0 Å². The first kappa shape index (κ1) is 25.3. The van der Waals surface area contributed by atoms with E-state index in [-0.39, 0.29) is 29.6 Å². The monoisotopic (exact) mass is 518 g/mol. The zero-order valence-electron chi connectivity index (χ0n) is 19.7. The number of benzene rings is 1. The lowest BCUT2D eigenvalue weighted by molar-refractivity contribution is -0.0518. The molecule has 0 saturated carbocycles. The molecule has 0 aliphatic heterocycles. The standard InChI is InChI=1S/C24H24F2N4O5S/c1-4-34-22-19(35-23(25)26)11-10-17(28-22)18(13-36(3,32)33)30-21-20(29-24(30)31)14(2)16(12-27-21)15-8-6-5-7-9-15/h5-12,18,23H,4,13H2,1-3H3,(H,29,31)/t18-/m1/s1. The third kappa shape index (κ3) is 5.23. The lowest BCUT2D eigenvalue weighted by Gasteiger charge is -2.19. The topological polar surface area (TPSA) is 116 Å². The number of H-pyrrole nitrogens is 1. The number of rotatable bonds is 9. The smallest absolute Gasteiger partial charge is 0.387 e. The van der Waals surface area contributed by atoms with Crippen LogP contribution in [0.3, 0.4) is 0 Å². The fourth-order valence-corrected chi connectivity index (χ4v) is 4.91. The van der Waals surface area contributed by atoms with Gasteiger partial charge in [0.2, 0.25) is 0 Å². The number of halogens is 2. The second-order valence-electron chi connectivity index (χ2n) is 8.12. The van der Waals surface area contributed by atoms with Gasteiger partial charge in [0.25, 0.3) is 5.88 Å². The molecule has 0 bridgehead atoms. The normalized spacial score (nSPS) is 12.7. The largest absolute Gasteiger partial charge is 0.475 e. The van der Waals surface area contributed by atoms with Crippen LogP contribution in [0.2, 0.25) is 0 Å². The van der Waals surface area contributed by atoms with Crippen LogP contribution in [0.1, 0.15) is 24.2 Å². The molecule has 1 aromatic carbocycles. The third-order valence-electron chi connectivity index (χ3n) is 5.54. The zero-order chi connectivity index (χ0) is 26.0. The van der Waals surface area contributed by atoms with Gasteiger partial charge in [-0.3, -0.25) is 4.57 Å². The van der Waals surface area contributed by atoms with E-state index in [1.807, 2.05) is 37.3 Å². The molecule has 3 heterocycles. The first-order valence-corrected chi connectivity index (χ1v) is 13.1. The number of ether oxygens (including phenoxy) is 2. The van der Waals surface area contributed by atoms with E-state index in [1.54, 1.807) is 13.1 Å². The van der Waals surface area contributed by atoms with Crippen molar-refractivity contribution in [1.82, 2.24) is 19.5 Å². The highest BCUT2D eigenvalue weighted by Crippen LogP contribution is 2.32. The Morgan fingerprint density at radius 1 is 1.14 bits per heavy atom. The summed E-state index contributed by atoms with van der Waals surface area (Å²) in [6.45, 7) is 0.462. The van der Waals surface area contributed by atoms with Crippen LogP contribution in [-0.4, -0.2) is 53.2 Å². The average molecular weight is 519 g/mol. The number of aryl methyl sites for hydroxylation is 1. The molecule has 4 rings (SSSR count). The maximum absolute atomic E-state index is 13.2. The van der Waals surface area contributed by atoms with E-state index in [0.29, 0.717) is 5.52 Å². The Bertz CT molecular complexity index is 1550. The number of nitrogens with one attached hydrogen (secondary N) is 1. The van der Waals surface area contributed by atoms with Gasteiger partial charge in [-0.1, -0.05) is 30.3 Å². The maximum atomic E-state index is 13.2. The molecule has 0 aliphatic rings. The molecule has 3 aromatic heterocycles. The second-order valence-corrected chi connectivity index (χ2v) is 10.3. The highest BCUT2D eigenvalue weighted by molar-refractivity contribution is 7.90. The molecule has 1 N–H and O–H groups in total. The van der Waals surface area contributed by atoms with Crippen LogP contribution in [0.25, 0.3) is 22.3 Å². The number of pyridine rings is 2. The minimum Gasteiger partial charge on any atom is -0.475 e. The number of nitrogens with zero attached hydrogens (tertiary/aromatic N) is 3. The number of aromatic amines is 1. The molecule has 0 unspecified atom stereocenters. The van der Waals surface area contributed by atoms with E-state index in [9.17, 15) is 22.0 Å². The van der Waals surface area contributed by atoms with Gasteiger partial charge in [-0.25, -0.2) is 23.2 Å². The van der Waals surface area contributed by atoms with Gasteiger partial charge in [-0.05, 0) is 37.1 Å². The van der Waals surface area contributed by atoms with Crippen LogP contribution in [0.15, 0.2) is 53.5 Å². The summed E-state index contributed by atoms with van der Waals surface area (Å²) < 4.78 is 61.4. The summed E-state index contributed by atoms with van der Waals surface area (Å²) in [5.41, 5.74) is 2.67. The van der Waals surface area contributed by atoms with Gasteiger partial charge in [0.05, 0.1) is 29.6 Å². The number of hydrogen-bond acceptors (Lipinski definition) is 7. The van der Waals surface area contributed by atoms with Gasteiger partial charge in [-0.2, -0.15) is 8.78 Å². The Kier molecular flexibility index (Phi) is 7.07. The fraction of sp³-hybridized carbons (Fsp3) is 0.292. The van der Waals surface area contributed by atoms with E-state index in [1.165, 1.54) is 16.7 Å². The molecule has 0 amide bonds. The second kappa shape index (κ2) is 10.1. The number of sulfone groups is 1. The van der Waals surface area contributed by atoms with E-state index < -0.39 is 33.9 Å². The molecule has 4 aromatic rings. The van der Waals surface area contributed by atoms with E-state index in [2.05, 4.69) is 19.7 Å². The highest BCUT2D eigenvalue weighted by atomic mass is 32.2. The molecule has 36 heavy (non-hydrogen) atoms. The van der Waals surface area contributed by atoms with Crippen molar-refractivity contribution in [2.45, 2.75) is 26.5 Å². The molecule has 0 spiro atoms. The fourth-order valence-electron chi connectivity index (χ4n) is 4.02. The zero-order valence-corrected chi connectivity index (χ0v) is 20.6. The van der Waals surface area contributed by atoms with Crippen molar-refractivity contribution in [3.63, 3.8) is 0 Å². The summed E-state index contributed by atoms with van der Waals surface area (Å²) in [5.74, 6) is -1.03. The van der Waals surface area contributed by atoms with Gasteiger partial charge in [0.15, 0.2) is 11.4 Å². The number of fused-ring (bicyclic) bond motifs is 1. The Balaban J connectivity index is 1.90. The lowest BCUT2D eigenvalue weighted by Crippen LogP contribution is -2.29. The molecular formula is C24H24F2N4O5S.